The van der Waals surface area contributed by atoms with E-state index in [2.05, 4.69) is 16.0 Å². The van der Waals surface area contributed by atoms with E-state index in [1.165, 1.54) is 0 Å². The maximum Gasteiger partial charge on any atom is 0.217 e. The van der Waals surface area contributed by atoms with Crippen LogP contribution in [0.5, 0.6) is 0 Å². The first-order valence-corrected chi connectivity index (χ1v) is 25.3. The SMILES string of the molecule is CC(=O)N[C@H]1[C@H](O[C@@H]2[C@H](O[C@@H]3O[C@H](CO)[C@@H](O)[C@H](O[C@@H]4O[C@H](CO)[C@H](O)[C@H](O)[C@H]4O)[C@H]3NC(C)=O)[C@@H](O)[C@H](O[C@H]3[C@H](O)[C@@H](O)[C@H](OC[C@@H](CO)NC=O)O[C@@H]3CO)O[C@@H]2CO)O[C@H](CO)[C@H](O)[C@@H]1O[C@@H]1O[C@H](CO)[C@H](O)[C@H](O)[C@H]1O. The predicted molar refractivity (Wildman–Crippen MR) is 246 cm³/mol. The first kappa shape index (κ1) is 66.4. The van der Waals surface area contributed by atoms with Crippen molar-refractivity contribution >= 4 is 18.2 Å². The Morgan fingerprint density at radius 2 is 0.738 bits per heavy atom. The molecule has 6 saturated heterocycles. The number of ether oxygens (including phenoxy) is 12. The minimum atomic E-state index is -2.39. The molecular weight excluding hydrogens is 1100 g/mol. The molecule has 21 N–H and O–H groups in total. The number of carbonyl (C=O) groups is 3. The molecule has 0 aromatic rings. The molecule has 464 valence electrons. The van der Waals surface area contributed by atoms with E-state index in [1.807, 2.05) is 0 Å². The number of nitrogens with one attached hydrogen (secondary N) is 3. The van der Waals surface area contributed by atoms with Crippen LogP contribution in [-0.2, 0) is 71.2 Å². The van der Waals surface area contributed by atoms with Crippen LogP contribution in [0.3, 0.4) is 0 Å². The van der Waals surface area contributed by atoms with Crippen LogP contribution in [0.2, 0.25) is 0 Å². The summed E-state index contributed by atoms with van der Waals surface area (Å²) in [6.07, 6.45) is -55.0. The number of aliphatic hydroxyl groups excluding tert-OH is 18. The molecule has 0 aliphatic carbocycles. The van der Waals surface area contributed by atoms with Gasteiger partial charge in [0, 0.05) is 13.8 Å². The Balaban J connectivity index is 1.40. The standard InChI is InChI=1S/C44H75N3O33/c1-12(56)46-21-36(78-42-30(65)27(62)23(58)15(4-49)72-42)25(60)17(6-51)70-39(21)77-35-20(9-54)75-44(76-34-19(8-53)74-41(32(67)29(34)64)69-10-14(3-48)45-11-55)33(68)38(35)80-40-22(47-13(2)57)37(26(61)18(7-52)71-40)79-43-31(66)28(63)24(59)16(5-50)73-43/h11,14-44,48-54,58-68H,3-10H2,1-2H3,(H,45,55)(H,46,56)(H,47,57)/t14-,15-,16-,17-,18-,19-,20-,21-,22-,23+,24+,25+,26-,27+,28+,29-,30-,31-,32-,33-,34-,35+,36-,37-,38-,39+,40+,41-,42+,43+,44+/m1/s1. The number of hydrogen-bond donors (Lipinski definition) is 21. The van der Waals surface area contributed by atoms with E-state index in [9.17, 15) is 106 Å². The van der Waals surface area contributed by atoms with Crippen LogP contribution >= 0.6 is 0 Å². The fraction of sp³-hybridized carbons (Fsp3) is 0.932. The Kier molecular flexibility index (Phi) is 24.7. The average Bonchev–Trinajstić information content (AvgIpc) is 3.43. The first-order chi connectivity index (χ1) is 38.0. The quantitative estimate of drug-likeness (QED) is 0.0399. The second-order valence-electron chi connectivity index (χ2n) is 19.7. The summed E-state index contributed by atoms with van der Waals surface area (Å²) >= 11 is 0. The fourth-order valence-corrected chi connectivity index (χ4v) is 9.89. The normalized spacial score (nSPS) is 46.8. The third-order valence-electron chi connectivity index (χ3n) is 14.2. The number of amides is 3. The zero-order chi connectivity index (χ0) is 59.0. The Labute approximate surface area is 453 Å². The summed E-state index contributed by atoms with van der Waals surface area (Å²) in [6.45, 7) is -5.38. The van der Waals surface area contributed by atoms with Crippen molar-refractivity contribution < 1.29 is 163 Å². The maximum absolute atomic E-state index is 13.0. The number of rotatable bonds is 24. The van der Waals surface area contributed by atoms with Gasteiger partial charge in [-0.1, -0.05) is 0 Å². The van der Waals surface area contributed by atoms with Gasteiger partial charge in [0.25, 0.3) is 0 Å². The highest BCUT2D eigenvalue weighted by atomic mass is 16.8. The zero-order valence-electron chi connectivity index (χ0n) is 42.8. The molecule has 0 unspecified atom stereocenters. The summed E-state index contributed by atoms with van der Waals surface area (Å²) < 4.78 is 70.5. The smallest absolute Gasteiger partial charge is 0.217 e. The van der Waals surface area contributed by atoms with Gasteiger partial charge in [-0.2, -0.15) is 0 Å². The average molecular weight is 1170 g/mol. The van der Waals surface area contributed by atoms with Crippen LogP contribution in [0.1, 0.15) is 13.8 Å². The van der Waals surface area contributed by atoms with Gasteiger partial charge < -0.3 is 165 Å². The molecule has 6 aliphatic heterocycles. The predicted octanol–water partition coefficient (Wildman–Crippen LogP) is -14.7. The van der Waals surface area contributed by atoms with Crippen LogP contribution in [0.4, 0.5) is 0 Å². The molecule has 36 nitrogen and oxygen atoms in total. The lowest BCUT2D eigenvalue weighted by Crippen LogP contribution is -2.71. The molecule has 31 atom stereocenters. The molecular formula is C44H75N3O33. The number of hydrogen-bond acceptors (Lipinski definition) is 33. The molecule has 6 fully saturated rings. The van der Waals surface area contributed by atoms with Crippen LogP contribution in [0, 0.1) is 0 Å². The third kappa shape index (κ3) is 14.8. The number of carbonyl (C=O) groups excluding carboxylic acids is 3. The second kappa shape index (κ2) is 29.8. The van der Waals surface area contributed by atoms with Crippen LogP contribution < -0.4 is 16.0 Å². The molecule has 6 rings (SSSR count). The lowest BCUT2D eigenvalue weighted by atomic mass is 9.93. The van der Waals surface area contributed by atoms with Gasteiger partial charge in [-0.05, 0) is 0 Å². The van der Waals surface area contributed by atoms with Crippen LogP contribution in [0.15, 0.2) is 0 Å². The van der Waals surface area contributed by atoms with E-state index in [4.69, 9.17) is 56.8 Å². The van der Waals surface area contributed by atoms with E-state index in [0.717, 1.165) is 13.8 Å². The van der Waals surface area contributed by atoms with Crippen molar-refractivity contribution in [3.8, 4) is 0 Å². The molecule has 80 heavy (non-hydrogen) atoms. The van der Waals surface area contributed by atoms with Gasteiger partial charge in [-0.15, -0.1) is 0 Å². The Morgan fingerprint density at radius 1 is 0.400 bits per heavy atom. The summed E-state index contributed by atoms with van der Waals surface area (Å²) in [6, 6.07) is -4.74. The van der Waals surface area contributed by atoms with Crippen molar-refractivity contribution in [2.45, 2.75) is 204 Å². The van der Waals surface area contributed by atoms with Gasteiger partial charge in [0.2, 0.25) is 18.2 Å². The molecule has 0 saturated carbocycles. The van der Waals surface area contributed by atoms with E-state index in [-0.39, 0.29) is 6.41 Å². The van der Waals surface area contributed by atoms with Gasteiger partial charge in [-0.3, -0.25) is 14.4 Å². The highest BCUT2D eigenvalue weighted by molar-refractivity contribution is 5.73. The molecule has 0 bridgehead atoms. The molecule has 6 aliphatic rings. The monoisotopic (exact) mass is 1170 g/mol. The van der Waals surface area contributed by atoms with Crippen LogP contribution in [0.25, 0.3) is 0 Å². The summed E-state index contributed by atoms with van der Waals surface area (Å²) in [5, 5.41) is 201. The molecule has 6 heterocycles. The summed E-state index contributed by atoms with van der Waals surface area (Å²) in [4.78, 5) is 36.9. The zero-order valence-corrected chi connectivity index (χ0v) is 42.8. The van der Waals surface area contributed by atoms with Crippen molar-refractivity contribution in [3.63, 3.8) is 0 Å². The highest BCUT2D eigenvalue weighted by Crippen LogP contribution is 2.38. The van der Waals surface area contributed by atoms with E-state index < -0.39 is 255 Å². The molecule has 0 aromatic heterocycles. The first-order valence-electron chi connectivity index (χ1n) is 25.3. The van der Waals surface area contributed by atoms with Crippen molar-refractivity contribution in [2.24, 2.45) is 0 Å². The Morgan fingerprint density at radius 3 is 1.15 bits per heavy atom. The van der Waals surface area contributed by atoms with Gasteiger partial charge >= 0.3 is 0 Å². The molecule has 0 radical (unpaired) electrons. The number of aliphatic hydroxyl groups is 18. The Hall–Kier alpha value is -2.79. The van der Waals surface area contributed by atoms with E-state index >= 15 is 0 Å². The lowest BCUT2D eigenvalue weighted by Gasteiger charge is -2.52. The summed E-state index contributed by atoms with van der Waals surface area (Å²) in [7, 11) is 0. The largest absolute Gasteiger partial charge is 0.394 e. The maximum atomic E-state index is 13.0. The molecule has 0 spiro atoms. The fourth-order valence-electron chi connectivity index (χ4n) is 9.89. The molecule has 3 amide bonds. The topological polar surface area (TPSA) is 562 Å². The van der Waals surface area contributed by atoms with Crippen molar-refractivity contribution in [3.05, 3.63) is 0 Å². The summed E-state index contributed by atoms with van der Waals surface area (Å²) in [5.74, 6) is -1.81. The van der Waals surface area contributed by atoms with Crippen molar-refractivity contribution in [1.82, 2.24) is 16.0 Å². The Bertz CT molecular complexity index is 1920. The minimum absolute atomic E-state index is 0.253. The third-order valence-corrected chi connectivity index (χ3v) is 14.2. The van der Waals surface area contributed by atoms with Crippen molar-refractivity contribution in [1.29, 1.82) is 0 Å². The van der Waals surface area contributed by atoms with Gasteiger partial charge in [-0.25, -0.2) is 0 Å². The summed E-state index contributed by atoms with van der Waals surface area (Å²) in [5.41, 5.74) is 0. The molecule has 36 heteroatoms. The van der Waals surface area contributed by atoms with Gasteiger partial charge in [0.15, 0.2) is 37.7 Å². The van der Waals surface area contributed by atoms with E-state index in [1.54, 1.807) is 0 Å². The van der Waals surface area contributed by atoms with Crippen molar-refractivity contribution in [2.75, 3.05) is 52.9 Å². The lowest BCUT2D eigenvalue weighted by molar-refractivity contribution is -0.397. The molecule has 0 aromatic carbocycles. The minimum Gasteiger partial charge on any atom is -0.394 e. The highest BCUT2D eigenvalue weighted by Gasteiger charge is 2.59. The van der Waals surface area contributed by atoms with Gasteiger partial charge in [0.1, 0.15) is 146 Å². The van der Waals surface area contributed by atoms with Gasteiger partial charge in [0.05, 0.1) is 58.9 Å². The van der Waals surface area contributed by atoms with E-state index in [0.29, 0.717) is 0 Å². The second-order valence-corrected chi connectivity index (χ2v) is 19.7. The van der Waals surface area contributed by atoms with Crippen LogP contribution in [-0.4, -0.2) is 353 Å².